The number of benzene rings is 2. The summed E-state index contributed by atoms with van der Waals surface area (Å²) >= 11 is 1.37. The average molecular weight is 663 g/mol. The largest absolute Gasteiger partial charge is 0.477 e. The Morgan fingerprint density at radius 3 is 2.29 bits per heavy atom. The maximum atomic E-state index is 14.1. The summed E-state index contributed by atoms with van der Waals surface area (Å²) < 4.78 is 3.17. The molecule has 1 saturated carbocycles. The van der Waals surface area contributed by atoms with Crippen LogP contribution in [0, 0.1) is 6.92 Å². The number of pyridine rings is 1. The Labute approximate surface area is 287 Å². The van der Waals surface area contributed by atoms with Crippen LogP contribution in [0.4, 0.5) is 0 Å². The van der Waals surface area contributed by atoms with Crippen LogP contribution in [0.2, 0.25) is 0 Å². The highest BCUT2D eigenvalue weighted by Crippen LogP contribution is 2.47. The van der Waals surface area contributed by atoms with Gasteiger partial charge in [0.15, 0.2) is 0 Å². The Morgan fingerprint density at radius 2 is 1.60 bits per heavy atom. The molecule has 48 heavy (non-hydrogen) atoms. The second kappa shape index (κ2) is 13.8. The van der Waals surface area contributed by atoms with Crippen LogP contribution in [0.3, 0.4) is 0 Å². The standard InChI is InChI=1S/C40H46N4O3S/c1-4-42(5-2)31-19-21-43(22-20-31)36(45)25-44-34-24-35(40(46)47)48-39(34)37(28-9-7-6-8-10-28)38(44)30-16-18-33-29(23-30)15-17-32(41-33)27-13-11-26(3)12-14-27/h11-18,23-24,28,31H,4-10,19-22,25H2,1-3H3,(H,46,47). The number of aromatic carboxylic acids is 1. The number of carbonyl (C=O) groups is 2. The molecule has 5 aromatic rings. The number of amides is 1. The van der Waals surface area contributed by atoms with Crippen LogP contribution in [0.5, 0.6) is 0 Å². The first-order chi connectivity index (χ1) is 23.3. The number of aromatic nitrogens is 2. The number of piperidine rings is 1. The van der Waals surface area contributed by atoms with Crippen LogP contribution in [0.15, 0.2) is 60.7 Å². The van der Waals surface area contributed by atoms with Crippen molar-refractivity contribution >= 4 is 44.3 Å². The van der Waals surface area contributed by atoms with Crippen molar-refractivity contribution in [1.82, 2.24) is 19.4 Å². The molecular formula is C40H46N4O3S. The lowest BCUT2D eigenvalue weighted by molar-refractivity contribution is -0.133. The summed E-state index contributed by atoms with van der Waals surface area (Å²) in [4.78, 5) is 36.2. The van der Waals surface area contributed by atoms with Gasteiger partial charge in [0.25, 0.3) is 0 Å². The fourth-order valence-corrected chi connectivity index (χ4v) is 9.24. The minimum absolute atomic E-state index is 0.106. The van der Waals surface area contributed by atoms with Crippen molar-refractivity contribution in [3.05, 3.63) is 76.7 Å². The topological polar surface area (TPSA) is 78.7 Å². The summed E-state index contributed by atoms with van der Waals surface area (Å²) in [5.41, 5.74) is 8.39. The molecule has 0 atom stereocenters. The van der Waals surface area contributed by atoms with E-state index in [1.54, 1.807) is 6.07 Å². The van der Waals surface area contributed by atoms with E-state index in [-0.39, 0.29) is 12.5 Å². The molecule has 1 saturated heterocycles. The van der Waals surface area contributed by atoms with Crippen LogP contribution in [-0.2, 0) is 11.3 Å². The average Bonchev–Trinajstić information content (AvgIpc) is 3.68. The Hall–Kier alpha value is -4.01. The minimum Gasteiger partial charge on any atom is -0.477 e. The van der Waals surface area contributed by atoms with E-state index < -0.39 is 5.97 Å². The predicted molar refractivity (Wildman–Crippen MR) is 196 cm³/mol. The van der Waals surface area contributed by atoms with Crippen molar-refractivity contribution < 1.29 is 14.7 Å². The third-order valence-corrected chi connectivity index (χ3v) is 11.9. The van der Waals surface area contributed by atoms with Gasteiger partial charge in [-0.3, -0.25) is 4.79 Å². The first-order valence-corrected chi connectivity index (χ1v) is 18.6. The van der Waals surface area contributed by atoms with Gasteiger partial charge in [-0.05, 0) is 87.0 Å². The molecule has 0 bridgehead atoms. The predicted octanol–water partition coefficient (Wildman–Crippen LogP) is 8.97. The monoisotopic (exact) mass is 662 g/mol. The van der Waals surface area contributed by atoms with E-state index in [0.717, 1.165) is 108 Å². The maximum Gasteiger partial charge on any atom is 0.345 e. The van der Waals surface area contributed by atoms with Crippen molar-refractivity contribution in [2.75, 3.05) is 26.2 Å². The Bertz CT molecular complexity index is 1940. The molecule has 7 nitrogen and oxygen atoms in total. The Balaban J connectivity index is 1.30. The molecule has 0 spiro atoms. The number of thiophene rings is 1. The van der Waals surface area contributed by atoms with Crippen molar-refractivity contribution in [1.29, 1.82) is 0 Å². The van der Waals surface area contributed by atoms with E-state index in [1.807, 2.05) is 4.90 Å². The normalized spacial score (nSPS) is 16.4. The summed E-state index contributed by atoms with van der Waals surface area (Å²) in [7, 11) is 0. The van der Waals surface area contributed by atoms with Crippen LogP contribution in [0.25, 0.3) is 43.6 Å². The number of hydrogen-bond donors (Lipinski definition) is 1. The van der Waals surface area contributed by atoms with Crippen molar-refractivity contribution in [2.24, 2.45) is 0 Å². The molecule has 2 fully saturated rings. The molecule has 0 unspecified atom stereocenters. The molecule has 1 N–H and O–H groups in total. The van der Waals surface area contributed by atoms with Gasteiger partial charge in [-0.1, -0.05) is 75.1 Å². The number of likely N-dealkylation sites (tertiary alicyclic amines) is 1. The van der Waals surface area contributed by atoms with Gasteiger partial charge in [-0.25, -0.2) is 9.78 Å². The van der Waals surface area contributed by atoms with Crippen LogP contribution in [0.1, 0.15) is 85.5 Å². The van der Waals surface area contributed by atoms with E-state index in [1.165, 1.54) is 28.9 Å². The molecule has 8 heteroatoms. The number of carbonyl (C=O) groups excluding carboxylic acids is 1. The fraction of sp³-hybridized carbons (Fsp3) is 0.425. The lowest BCUT2D eigenvalue weighted by atomic mass is 9.83. The molecule has 250 valence electrons. The molecule has 1 aliphatic carbocycles. The number of hydrogen-bond acceptors (Lipinski definition) is 5. The molecular weight excluding hydrogens is 617 g/mol. The number of carboxylic acids is 1. The van der Waals surface area contributed by atoms with Gasteiger partial charge in [0.05, 0.1) is 27.1 Å². The van der Waals surface area contributed by atoms with Crippen molar-refractivity contribution in [3.63, 3.8) is 0 Å². The summed E-state index contributed by atoms with van der Waals surface area (Å²) in [6.45, 7) is 10.3. The zero-order chi connectivity index (χ0) is 33.4. The lowest BCUT2D eigenvalue weighted by Crippen LogP contribution is -2.47. The van der Waals surface area contributed by atoms with E-state index in [9.17, 15) is 14.7 Å². The summed E-state index contributed by atoms with van der Waals surface area (Å²) in [6, 6.07) is 21.5. The number of aryl methyl sites for hydroxylation is 1. The first kappa shape index (κ1) is 32.5. The molecule has 1 amide bonds. The smallest absolute Gasteiger partial charge is 0.345 e. The third-order valence-electron chi connectivity index (χ3n) is 10.7. The zero-order valence-electron chi connectivity index (χ0n) is 28.4. The number of fused-ring (bicyclic) bond motifs is 2. The molecule has 1 aliphatic heterocycles. The summed E-state index contributed by atoms with van der Waals surface area (Å²) in [5.74, 6) is -0.477. The number of rotatable bonds is 9. The van der Waals surface area contributed by atoms with Crippen molar-refractivity contribution in [3.8, 4) is 22.5 Å². The molecule has 2 aliphatic rings. The zero-order valence-corrected chi connectivity index (χ0v) is 29.2. The van der Waals surface area contributed by atoms with Gasteiger partial charge in [-0.2, -0.15) is 0 Å². The second-order valence-corrected chi connectivity index (χ2v) is 14.7. The fourth-order valence-electron chi connectivity index (χ4n) is 8.11. The van der Waals surface area contributed by atoms with Crippen LogP contribution >= 0.6 is 11.3 Å². The summed E-state index contributed by atoms with van der Waals surface area (Å²) in [5, 5.41) is 11.1. The molecule has 4 heterocycles. The molecule has 0 radical (unpaired) electrons. The first-order valence-electron chi connectivity index (χ1n) is 17.7. The lowest BCUT2D eigenvalue weighted by Gasteiger charge is -2.37. The second-order valence-electron chi connectivity index (χ2n) is 13.6. The molecule has 7 rings (SSSR count). The maximum absolute atomic E-state index is 14.1. The quantitative estimate of drug-likeness (QED) is 0.171. The molecule has 3 aromatic heterocycles. The number of nitrogens with zero attached hydrogens (tertiary/aromatic N) is 4. The third kappa shape index (κ3) is 6.28. The van der Waals surface area contributed by atoms with Gasteiger partial charge in [0, 0.05) is 30.1 Å². The highest BCUT2D eigenvalue weighted by Gasteiger charge is 2.31. The van der Waals surface area contributed by atoms with Gasteiger partial charge >= 0.3 is 5.97 Å². The van der Waals surface area contributed by atoms with Crippen LogP contribution in [-0.4, -0.2) is 68.6 Å². The van der Waals surface area contributed by atoms with Gasteiger partial charge in [0.1, 0.15) is 11.4 Å². The SMILES string of the molecule is CCN(CC)C1CCN(C(=O)Cn2c(-c3ccc4nc(-c5ccc(C)cc5)ccc4c3)c(C3CCCCC3)c3sc(C(=O)O)cc32)CC1. The Morgan fingerprint density at radius 1 is 0.896 bits per heavy atom. The van der Waals surface area contributed by atoms with E-state index >= 15 is 0 Å². The van der Waals surface area contributed by atoms with Gasteiger partial charge in [0.2, 0.25) is 5.91 Å². The Kier molecular flexibility index (Phi) is 9.38. The summed E-state index contributed by atoms with van der Waals surface area (Å²) in [6.07, 6.45) is 7.68. The van der Waals surface area contributed by atoms with E-state index in [4.69, 9.17) is 4.98 Å². The number of carboxylic acid groups (broad SMARTS) is 1. The highest BCUT2D eigenvalue weighted by atomic mass is 32.1. The minimum atomic E-state index is -0.912. The van der Waals surface area contributed by atoms with Gasteiger partial charge < -0.3 is 19.5 Å². The van der Waals surface area contributed by atoms with E-state index in [2.05, 4.69) is 84.8 Å². The van der Waals surface area contributed by atoms with Gasteiger partial charge in [-0.15, -0.1) is 11.3 Å². The van der Waals surface area contributed by atoms with Crippen LogP contribution < -0.4 is 0 Å². The highest BCUT2D eigenvalue weighted by molar-refractivity contribution is 7.21. The molecule has 2 aromatic carbocycles. The van der Waals surface area contributed by atoms with Crippen molar-refractivity contribution in [2.45, 2.75) is 84.2 Å². The van der Waals surface area contributed by atoms with E-state index in [0.29, 0.717) is 16.8 Å².